The van der Waals surface area contributed by atoms with Crippen molar-refractivity contribution in [1.82, 2.24) is 0 Å². The van der Waals surface area contributed by atoms with E-state index in [0.29, 0.717) is 0 Å². The largest absolute Gasteiger partial charge is 0.269 e. The van der Waals surface area contributed by atoms with Crippen LogP contribution in [0.5, 0.6) is 0 Å². The molecule has 7 heavy (non-hydrogen) atoms. The Morgan fingerprint density at radius 3 is 3.00 bits per heavy atom. The monoisotopic (exact) mass is 93.1 g/mol. The van der Waals surface area contributed by atoms with Gasteiger partial charge < -0.3 is 0 Å². The SMILES string of the molecule is C1=C[C@H]2CC2C=N1. The van der Waals surface area contributed by atoms with Crippen molar-refractivity contribution in [3.8, 4) is 0 Å². The van der Waals surface area contributed by atoms with E-state index in [1.165, 1.54) is 6.42 Å². The average molecular weight is 93.1 g/mol. The predicted molar refractivity (Wildman–Crippen MR) is 29.2 cm³/mol. The minimum Gasteiger partial charge on any atom is -0.269 e. The third-order valence-electron chi connectivity index (χ3n) is 1.59. The Labute approximate surface area is 42.8 Å². The Balaban J connectivity index is 2.28. The molecule has 0 amide bonds. The Morgan fingerprint density at radius 2 is 2.43 bits per heavy atom. The third kappa shape index (κ3) is 0.408. The van der Waals surface area contributed by atoms with Gasteiger partial charge in [0.15, 0.2) is 0 Å². The second-order valence-corrected chi connectivity index (χ2v) is 2.20. The number of rotatable bonds is 0. The minimum atomic E-state index is 0.824. The Kier molecular flexibility index (Phi) is 0.474. The number of hydrogen-bond donors (Lipinski definition) is 0. The summed E-state index contributed by atoms with van der Waals surface area (Å²) in [5, 5.41) is 0. The molecule has 1 aliphatic heterocycles. The van der Waals surface area contributed by atoms with E-state index in [0.717, 1.165) is 11.8 Å². The second kappa shape index (κ2) is 0.971. The molecule has 2 rings (SSSR count). The van der Waals surface area contributed by atoms with Gasteiger partial charge in [-0.25, -0.2) is 0 Å². The molecule has 0 saturated heterocycles. The van der Waals surface area contributed by atoms with Gasteiger partial charge in [0.2, 0.25) is 0 Å². The van der Waals surface area contributed by atoms with Crippen molar-refractivity contribution in [3.05, 3.63) is 12.3 Å². The number of allylic oxidation sites excluding steroid dienone is 1. The van der Waals surface area contributed by atoms with Crippen molar-refractivity contribution in [3.63, 3.8) is 0 Å². The van der Waals surface area contributed by atoms with Crippen LogP contribution in [-0.4, -0.2) is 6.21 Å². The molecule has 0 bridgehead atoms. The molecule has 2 aliphatic rings. The summed E-state index contributed by atoms with van der Waals surface area (Å²) < 4.78 is 0. The molecule has 2 atom stereocenters. The van der Waals surface area contributed by atoms with Gasteiger partial charge in [-0.1, -0.05) is 6.08 Å². The van der Waals surface area contributed by atoms with E-state index < -0.39 is 0 Å². The highest BCUT2D eigenvalue weighted by atomic mass is 14.7. The molecule has 36 valence electrons. The molecule has 1 saturated carbocycles. The second-order valence-electron chi connectivity index (χ2n) is 2.20. The zero-order valence-electron chi connectivity index (χ0n) is 4.04. The quantitative estimate of drug-likeness (QED) is 0.427. The van der Waals surface area contributed by atoms with Gasteiger partial charge in [0.25, 0.3) is 0 Å². The summed E-state index contributed by atoms with van der Waals surface area (Å²) in [5.74, 6) is 1.70. The van der Waals surface area contributed by atoms with E-state index in [4.69, 9.17) is 0 Å². The van der Waals surface area contributed by atoms with Gasteiger partial charge in [0, 0.05) is 18.3 Å². The van der Waals surface area contributed by atoms with Gasteiger partial charge in [0.1, 0.15) is 0 Å². The number of aliphatic imine (C=N–C) groups is 1. The van der Waals surface area contributed by atoms with Crippen molar-refractivity contribution in [1.29, 1.82) is 0 Å². The summed E-state index contributed by atoms with van der Waals surface area (Å²) in [6.45, 7) is 0. The van der Waals surface area contributed by atoms with Crippen LogP contribution < -0.4 is 0 Å². The van der Waals surface area contributed by atoms with Crippen molar-refractivity contribution in [2.24, 2.45) is 16.8 Å². The maximum Gasteiger partial charge on any atom is 0.0227 e. The zero-order valence-corrected chi connectivity index (χ0v) is 4.04. The first-order valence-electron chi connectivity index (χ1n) is 2.67. The van der Waals surface area contributed by atoms with E-state index in [1.54, 1.807) is 0 Å². The fourth-order valence-electron chi connectivity index (χ4n) is 0.949. The fourth-order valence-corrected chi connectivity index (χ4v) is 0.949. The number of fused-ring (bicyclic) bond motifs is 1. The normalized spacial score (nSPS) is 43.4. The molecule has 0 spiro atoms. The van der Waals surface area contributed by atoms with Gasteiger partial charge in [-0.15, -0.1) is 0 Å². The van der Waals surface area contributed by atoms with Crippen molar-refractivity contribution in [2.45, 2.75) is 6.42 Å². The van der Waals surface area contributed by atoms with Crippen molar-refractivity contribution < 1.29 is 0 Å². The third-order valence-corrected chi connectivity index (χ3v) is 1.59. The first-order valence-corrected chi connectivity index (χ1v) is 2.67. The topological polar surface area (TPSA) is 12.4 Å². The molecule has 1 aliphatic carbocycles. The highest BCUT2D eigenvalue weighted by molar-refractivity contribution is 5.67. The molecule has 0 radical (unpaired) electrons. The molecular weight excluding hydrogens is 86.1 g/mol. The molecule has 0 aromatic rings. The summed E-state index contributed by atoms with van der Waals surface area (Å²) in [6.07, 6.45) is 7.48. The lowest BCUT2D eigenvalue weighted by atomic mass is 10.3. The van der Waals surface area contributed by atoms with E-state index >= 15 is 0 Å². The molecule has 1 heterocycles. The highest BCUT2D eigenvalue weighted by Gasteiger charge is 2.34. The number of hydrogen-bond acceptors (Lipinski definition) is 1. The first kappa shape index (κ1) is 3.42. The van der Waals surface area contributed by atoms with E-state index in [2.05, 4.69) is 11.1 Å². The molecule has 1 heteroatoms. The lowest BCUT2D eigenvalue weighted by molar-refractivity contribution is 1.03. The molecule has 0 N–H and O–H groups in total. The maximum atomic E-state index is 3.99. The van der Waals surface area contributed by atoms with Crippen LogP contribution in [0, 0.1) is 11.8 Å². The average Bonchev–Trinajstić information content (AvgIpc) is 2.41. The molecule has 1 fully saturated rings. The Hall–Kier alpha value is -0.590. The van der Waals surface area contributed by atoms with Crippen LogP contribution >= 0.6 is 0 Å². The van der Waals surface area contributed by atoms with E-state index in [9.17, 15) is 0 Å². The van der Waals surface area contributed by atoms with Crippen molar-refractivity contribution >= 4 is 6.21 Å². The lowest BCUT2D eigenvalue weighted by Crippen LogP contribution is -1.82. The van der Waals surface area contributed by atoms with Crippen LogP contribution in [0.25, 0.3) is 0 Å². The fraction of sp³-hybridized carbons (Fsp3) is 0.500. The smallest absolute Gasteiger partial charge is 0.0227 e. The lowest BCUT2D eigenvalue weighted by Gasteiger charge is -1.87. The van der Waals surface area contributed by atoms with Crippen LogP contribution in [0.15, 0.2) is 17.3 Å². The van der Waals surface area contributed by atoms with Gasteiger partial charge in [-0.2, -0.15) is 0 Å². The standard InChI is InChI=1S/C6H7N/c1-2-7-4-6-3-5(1)6/h1-2,4-6H,3H2/t5-,6?/m0/s1. The molecular formula is C6H7N. The summed E-state index contributed by atoms with van der Waals surface area (Å²) in [6, 6.07) is 0. The summed E-state index contributed by atoms with van der Waals surface area (Å²) in [4.78, 5) is 3.99. The Bertz CT molecular complexity index is 119. The first-order chi connectivity index (χ1) is 3.47. The summed E-state index contributed by atoms with van der Waals surface area (Å²) >= 11 is 0. The van der Waals surface area contributed by atoms with Crippen molar-refractivity contribution in [2.75, 3.05) is 0 Å². The molecule has 0 aromatic heterocycles. The van der Waals surface area contributed by atoms with Crippen LogP contribution in [0.2, 0.25) is 0 Å². The molecule has 1 nitrogen and oxygen atoms in total. The maximum absolute atomic E-state index is 3.99. The minimum absolute atomic E-state index is 0.824. The number of nitrogens with zero attached hydrogens (tertiary/aromatic N) is 1. The van der Waals surface area contributed by atoms with E-state index in [1.807, 2.05) is 12.4 Å². The van der Waals surface area contributed by atoms with Gasteiger partial charge in [0.05, 0.1) is 0 Å². The summed E-state index contributed by atoms with van der Waals surface area (Å²) in [7, 11) is 0. The predicted octanol–water partition coefficient (Wildman–Crippen LogP) is 1.22. The van der Waals surface area contributed by atoms with Gasteiger partial charge in [-0.05, 0) is 12.3 Å². The zero-order chi connectivity index (χ0) is 4.69. The van der Waals surface area contributed by atoms with Crippen LogP contribution in [0.4, 0.5) is 0 Å². The van der Waals surface area contributed by atoms with Crippen LogP contribution in [-0.2, 0) is 0 Å². The highest BCUT2D eigenvalue weighted by Crippen LogP contribution is 2.39. The van der Waals surface area contributed by atoms with Gasteiger partial charge >= 0.3 is 0 Å². The van der Waals surface area contributed by atoms with Crippen LogP contribution in [0.3, 0.4) is 0 Å². The summed E-state index contributed by atoms with van der Waals surface area (Å²) in [5.41, 5.74) is 0. The van der Waals surface area contributed by atoms with Gasteiger partial charge in [-0.3, -0.25) is 4.99 Å². The molecule has 1 unspecified atom stereocenters. The van der Waals surface area contributed by atoms with Crippen LogP contribution in [0.1, 0.15) is 6.42 Å². The Morgan fingerprint density at radius 1 is 1.43 bits per heavy atom. The molecule has 0 aromatic carbocycles. The van der Waals surface area contributed by atoms with E-state index in [-0.39, 0.29) is 0 Å².